The zero-order chi connectivity index (χ0) is 25.2. The molecule has 1 fully saturated rings. The van der Waals surface area contributed by atoms with Crippen LogP contribution in [0.4, 0.5) is 0 Å². The van der Waals surface area contributed by atoms with E-state index < -0.39 is 17.3 Å². The van der Waals surface area contributed by atoms with E-state index in [9.17, 15) is 14.4 Å². The van der Waals surface area contributed by atoms with Crippen LogP contribution in [0.3, 0.4) is 0 Å². The molecule has 2 aromatic rings. The van der Waals surface area contributed by atoms with Crippen molar-refractivity contribution in [2.24, 2.45) is 16.6 Å². The molecule has 188 valence electrons. The Morgan fingerprint density at radius 3 is 2.66 bits per heavy atom. The van der Waals surface area contributed by atoms with Gasteiger partial charge in [-0.15, -0.1) is 0 Å². The van der Waals surface area contributed by atoms with Gasteiger partial charge in [0.25, 0.3) is 5.91 Å². The van der Waals surface area contributed by atoms with Crippen molar-refractivity contribution in [2.75, 3.05) is 26.4 Å². The number of hydrogen-bond acceptors (Lipinski definition) is 6. The summed E-state index contributed by atoms with van der Waals surface area (Å²) >= 11 is 0. The second-order valence-electron chi connectivity index (χ2n) is 10.4. The van der Waals surface area contributed by atoms with Crippen LogP contribution in [-0.4, -0.2) is 53.9 Å². The molecule has 2 amide bonds. The molecule has 1 spiro atoms. The van der Waals surface area contributed by atoms with E-state index in [0.717, 1.165) is 30.5 Å². The molecule has 0 aliphatic carbocycles. The van der Waals surface area contributed by atoms with E-state index in [1.54, 1.807) is 22.9 Å². The van der Waals surface area contributed by atoms with Crippen LogP contribution in [-0.2, 0) is 28.9 Å². The number of fused-ring (bicyclic) bond motifs is 1. The number of hydrogen-bond donors (Lipinski definition) is 2. The number of esters is 1. The van der Waals surface area contributed by atoms with Crippen LogP contribution < -0.4 is 11.1 Å². The highest BCUT2D eigenvalue weighted by atomic mass is 16.5. The van der Waals surface area contributed by atoms with Crippen molar-refractivity contribution in [1.29, 1.82) is 0 Å². The third kappa shape index (κ3) is 5.40. The van der Waals surface area contributed by atoms with Gasteiger partial charge in [-0.05, 0) is 49.8 Å². The lowest BCUT2D eigenvalue weighted by atomic mass is 9.74. The van der Waals surface area contributed by atoms with Crippen molar-refractivity contribution in [3.8, 4) is 0 Å². The molecule has 3 heterocycles. The molecule has 0 bridgehead atoms. The molecule has 0 unspecified atom stereocenters. The average Bonchev–Trinajstić information content (AvgIpc) is 3.10. The van der Waals surface area contributed by atoms with Crippen molar-refractivity contribution in [3.05, 3.63) is 52.3 Å². The average molecular weight is 483 g/mol. The van der Waals surface area contributed by atoms with E-state index in [1.807, 2.05) is 20.8 Å². The summed E-state index contributed by atoms with van der Waals surface area (Å²) in [5.41, 5.74) is 7.91. The largest absolute Gasteiger partial charge is 0.462 e. The summed E-state index contributed by atoms with van der Waals surface area (Å²) in [6.07, 6.45) is 3.12. The minimum atomic E-state index is -0.599. The van der Waals surface area contributed by atoms with Gasteiger partial charge in [-0.3, -0.25) is 14.3 Å². The topological polar surface area (TPSA) is 126 Å². The summed E-state index contributed by atoms with van der Waals surface area (Å²) in [6.45, 7) is 8.78. The first kappa shape index (κ1) is 24.9. The van der Waals surface area contributed by atoms with E-state index in [-0.39, 0.29) is 29.1 Å². The number of ether oxygens (including phenoxy) is 2. The maximum absolute atomic E-state index is 13.0. The molecular weight excluding hydrogens is 448 g/mol. The molecule has 1 aromatic carbocycles. The number of amides is 2. The Labute approximate surface area is 205 Å². The van der Waals surface area contributed by atoms with Crippen LogP contribution in [0.15, 0.2) is 24.3 Å². The summed E-state index contributed by atoms with van der Waals surface area (Å²) in [5.74, 6) is -1.19. The number of carbonyl (C=O) groups is 3. The number of carbonyl (C=O) groups excluding carboxylic acids is 3. The Bertz CT molecular complexity index is 1130. The summed E-state index contributed by atoms with van der Waals surface area (Å²) in [5, 5.41) is 7.94. The fourth-order valence-corrected chi connectivity index (χ4v) is 4.95. The van der Waals surface area contributed by atoms with E-state index in [1.165, 1.54) is 6.07 Å². The highest BCUT2D eigenvalue weighted by molar-refractivity contribution is 5.97. The first-order valence-electron chi connectivity index (χ1n) is 12.1. The van der Waals surface area contributed by atoms with Crippen LogP contribution in [0.25, 0.3) is 0 Å². The standard InChI is InChI=1S/C26H34N4O5/c1-4-30-21-19(13-26(15-28-23(21)32)8-10-34-11-9-26)20(29-30)14-25(2,3)16-35-24(33)18-7-5-6-17(12-18)22(27)31/h5-7,12H,4,8-11,13-16H2,1-3H3,(H2,27,31)(H,28,32). The first-order valence-corrected chi connectivity index (χ1v) is 12.1. The summed E-state index contributed by atoms with van der Waals surface area (Å²) in [4.78, 5) is 37.1. The molecule has 3 N–H and O–H groups in total. The van der Waals surface area contributed by atoms with Crippen molar-refractivity contribution < 1.29 is 23.9 Å². The Balaban J connectivity index is 1.53. The third-order valence-electron chi connectivity index (χ3n) is 7.00. The van der Waals surface area contributed by atoms with Crippen LogP contribution in [0.2, 0.25) is 0 Å². The lowest BCUT2D eigenvalue weighted by Crippen LogP contribution is -2.40. The van der Waals surface area contributed by atoms with Gasteiger partial charge in [-0.1, -0.05) is 19.9 Å². The zero-order valence-electron chi connectivity index (χ0n) is 20.7. The van der Waals surface area contributed by atoms with Gasteiger partial charge in [0.2, 0.25) is 5.91 Å². The quantitative estimate of drug-likeness (QED) is 0.584. The van der Waals surface area contributed by atoms with Crippen LogP contribution in [0.1, 0.15) is 76.1 Å². The van der Waals surface area contributed by atoms with E-state index in [0.29, 0.717) is 38.4 Å². The lowest BCUT2D eigenvalue weighted by Gasteiger charge is -2.36. The second-order valence-corrected chi connectivity index (χ2v) is 10.4. The molecule has 2 aliphatic rings. The summed E-state index contributed by atoms with van der Waals surface area (Å²) in [7, 11) is 0. The molecule has 0 saturated carbocycles. The third-order valence-corrected chi connectivity index (χ3v) is 7.00. The van der Waals surface area contributed by atoms with Gasteiger partial charge in [0, 0.05) is 49.3 Å². The lowest BCUT2D eigenvalue weighted by molar-refractivity contribution is 0.0159. The Morgan fingerprint density at radius 2 is 1.97 bits per heavy atom. The maximum Gasteiger partial charge on any atom is 0.338 e. The van der Waals surface area contributed by atoms with E-state index >= 15 is 0 Å². The minimum Gasteiger partial charge on any atom is -0.462 e. The molecule has 1 aromatic heterocycles. The highest BCUT2D eigenvalue weighted by Gasteiger charge is 2.40. The van der Waals surface area contributed by atoms with E-state index in [4.69, 9.17) is 20.3 Å². The number of rotatable bonds is 7. The molecule has 2 aliphatic heterocycles. The monoisotopic (exact) mass is 482 g/mol. The van der Waals surface area contributed by atoms with Crippen LogP contribution in [0, 0.1) is 10.8 Å². The van der Waals surface area contributed by atoms with Gasteiger partial charge in [-0.25, -0.2) is 4.79 Å². The second kappa shape index (κ2) is 9.81. The molecular formula is C26H34N4O5. The van der Waals surface area contributed by atoms with Crippen LogP contribution >= 0.6 is 0 Å². The number of nitrogens with two attached hydrogens (primary N) is 1. The predicted octanol–water partition coefficient (Wildman–Crippen LogP) is 2.51. The highest BCUT2D eigenvalue weighted by Crippen LogP contribution is 2.38. The summed E-state index contributed by atoms with van der Waals surface area (Å²) in [6, 6.07) is 6.19. The zero-order valence-corrected chi connectivity index (χ0v) is 20.7. The number of nitrogens with one attached hydrogen (secondary N) is 1. The van der Waals surface area contributed by atoms with Crippen molar-refractivity contribution in [1.82, 2.24) is 15.1 Å². The smallest absolute Gasteiger partial charge is 0.338 e. The number of benzene rings is 1. The Hall–Kier alpha value is -3.20. The van der Waals surface area contributed by atoms with Gasteiger partial charge >= 0.3 is 5.97 Å². The van der Waals surface area contributed by atoms with Crippen molar-refractivity contribution in [2.45, 2.75) is 53.0 Å². The van der Waals surface area contributed by atoms with Gasteiger partial charge in [0.1, 0.15) is 5.69 Å². The molecule has 0 radical (unpaired) electrons. The van der Waals surface area contributed by atoms with Gasteiger partial charge in [0.05, 0.1) is 17.9 Å². The van der Waals surface area contributed by atoms with Crippen LogP contribution in [0.5, 0.6) is 0 Å². The van der Waals surface area contributed by atoms with Crippen molar-refractivity contribution >= 4 is 17.8 Å². The fraction of sp³-hybridized carbons (Fsp3) is 0.538. The number of aromatic nitrogens is 2. The number of aryl methyl sites for hydroxylation is 1. The summed E-state index contributed by atoms with van der Waals surface area (Å²) < 4.78 is 13.0. The molecule has 1 saturated heterocycles. The SMILES string of the molecule is CCn1nc(CC(C)(C)COC(=O)c2cccc(C(N)=O)c2)c2c1C(=O)NCC1(CCOCC1)C2. The molecule has 0 atom stereocenters. The minimum absolute atomic E-state index is 0.0302. The molecule has 9 nitrogen and oxygen atoms in total. The molecule has 9 heteroatoms. The Kier molecular flexibility index (Phi) is 6.98. The van der Waals surface area contributed by atoms with E-state index in [2.05, 4.69) is 5.32 Å². The van der Waals surface area contributed by atoms with Gasteiger partial charge < -0.3 is 20.5 Å². The van der Waals surface area contributed by atoms with Crippen molar-refractivity contribution in [3.63, 3.8) is 0 Å². The number of primary amides is 1. The predicted molar refractivity (Wildman–Crippen MR) is 129 cm³/mol. The first-order chi connectivity index (χ1) is 16.6. The van der Waals surface area contributed by atoms with Gasteiger partial charge in [-0.2, -0.15) is 5.10 Å². The van der Waals surface area contributed by atoms with Gasteiger partial charge in [0.15, 0.2) is 0 Å². The molecule has 35 heavy (non-hydrogen) atoms. The molecule has 4 rings (SSSR count). The normalized spacial score (nSPS) is 17.4. The fourth-order valence-electron chi connectivity index (χ4n) is 4.95. The maximum atomic E-state index is 13.0. The Morgan fingerprint density at radius 1 is 1.26 bits per heavy atom. The number of nitrogens with zero attached hydrogens (tertiary/aromatic N) is 2.